The molecule has 1 aliphatic heterocycles. The number of carbonyl (C=O) groups is 1. The second-order valence-electron chi connectivity index (χ2n) is 4.65. The van der Waals surface area contributed by atoms with Crippen LogP contribution in [-0.4, -0.2) is 39.4 Å². The molecule has 1 unspecified atom stereocenters. The number of aromatic hydroxyl groups is 2. The van der Waals surface area contributed by atoms with Crippen LogP contribution in [0.5, 0.6) is 11.5 Å². The van der Waals surface area contributed by atoms with Crippen molar-refractivity contribution in [3.63, 3.8) is 0 Å². The number of phenols is 2. The van der Waals surface area contributed by atoms with Crippen LogP contribution in [0.4, 0.5) is 0 Å². The van der Waals surface area contributed by atoms with Gasteiger partial charge in [0.2, 0.25) is 0 Å². The summed E-state index contributed by atoms with van der Waals surface area (Å²) >= 11 is 3.45. The van der Waals surface area contributed by atoms with Gasteiger partial charge in [-0.1, -0.05) is 15.9 Å². The van der Waals surface area contributed by atoms with E-state index in [0.29, 0.717) is 11.5 Å². The van der Waals surface area contributed by atoms with Gasteiger partial charge in [-0.05, 0) is 30.9 Å². The Labute approximate surface area is 114 Å². The zero-order valence-corrected chi connectivity index (χ0v) is 11.6. The maximum atomic E-state index is 12.3. The summed E-state index contributed by atoms with van der Waals surface area (Å²) in [6.07, 6.45) is 2.12. The molecular weight excluding hydrogens is 298 g/mol. The van der Waals surface area contributed by atoms with Gasteiger partial charge in [-0.3, -0.25) is 4.79 Å². The lowest BCUT2D eigenvalue weighted by atomic mass is 9.99. The molecule has 5 heteroatoms. The normalized spacial score (nSPS) is 19.8. The Morgan fingerprint density at radius 3 is 2.61 bits per heavy atom. The molecule has 2 N–H and O–H groups in total. The standard InChI is InChI=1S/C13H16BrNO3/c14-7-9-2-1-3-15(8-9)13(18)10-4-11(16)6-12(17)5-10/h4-6,9,16-17H,1-3,7-8H2. The Hall–Kier alpha value is -1.23. The molecule has 1 saturated heterocycles. The predicted octanol–water partition coefficient (Wildman–Crippen LogP) is 2.34. The highest BCUT2D eigenvalue weighted by Gasteiger charge is 2.24. The Bertz CT molecular complexity index is 430. The van der Waals surface area contributed by atoms with E-state index in [-0.39, 0.29) is 17.4 Å². The highest BCUT2D eigenvalue weighted by molar-refractivity contribution is 9.09. The van der Waals surface area contributed by atoms with Crippen LogP contribution in [0.15, 0.2) is 18.2 Å². The molecule has 1 amide bonds. The summed E-state index contributed by atoms with van der Waals surface area (Å²) in [6.45, 7) is 1.46. The van der Waals surface area contributed by atoms with Crippen molar-refractivity contribution >= 4 is 21.8 Å². The number of hydrogen-bond acceptors (Lipinski definition) is 3. The molecular formula is C13H16BrNO3. The minimum Gasteiger partial charge on any atom is -0.508 e. The van der Waals surface area contributed by atoms with E-state index >= 15 is 0 Å². The topological polar surface area (TPSA) is 60.8 Å². The number of amides is 1. The van der Waals surface area contributed by atoms with Crippen LogP contribution in [0.2, 0.25) is 0 Å². The lowest BCUT2D eigenvalue weighted by Crippen LogP contribution is -2.40. The van der Waals surface area contributed by atoms with E-state index in [9.17, 15) is 15.0 Å². The molecule has 0 aromatic heterocycles. The van der Waals surface area contributed by atoms with E-state index in [1.54, 1.807) is 4.90 Å². The molecule has 2 rings (SSSR count). The maximum absolute atomic E-state index is 12.3. The van der Waals surface area contributed by atoms with Gasteiger partial charge in [0.1, 0.15) is 11.5 Å². The van der Waals surface area contributed by atoms with Gasteiger partial charge in [0.05, 0.1) is 0 Å². The zero-order chi connectivity index (χ0) is 13.1. The van der Waals surface area contributed by atoms with Crippen molar-refractivity contribution in [2.24, 2.45) is 5.92 Å². The van der Waals surface area contributed by atoms with Gasteiger partial charge in [0.25, 0.3) is 5.91 Å². The molecule has 0 radical (unpaired) electrons. The third kappa shape index (κ3) is 2.96. The fourth-order valence-electron chi connectivity index (χ4n) is 2.28. The smallest absolute Gasteiger partial charge is 0.254 e. The van der Waals surface area contributed by atoms with Gasteiger partial charge in [0, 0.05) is 30.0 Å². The SMILES string of the molecule is O=C(c1cc(O)cc(O)c1)N1CCCC(CBr)C1. The second kappa shape index (κ2) is 5.61. The molecule has 0 bridgehead atoms. The quantitative estimate of drug-likeness (QED) is 0.824. The average Bonchev–Trinajstić information content (AvgIpc) is 2.37. The highest BCUT2D eigenvalue weighted by atomic mass is 79.9. The molecule has 18 heavy (non-hydrogen) atoms. The summed E-state index contributed by atoms with van der Waals surface area (Å²) in [7, 11) is 0. The number of rotatable bonds is 2. The fraction of sp³-hybridized carbons (Fsp3) is 0.462. The van der Waals surface area contributed by atoms with Crippen LogP contribution >= 0.6 is 15.9 Å². The van der Waals surface area contributed by atoms with Crippen molar-refractivity contribution in [2.75, 3.05) is 18.4 Å². The van der Waals surface area contributed by atoms with Crippen LogP contribution < -0.4 is 0 Å². The molecule has 0 saturated carbocycles. The van der Waals surface area contributed by atoms with E-state index in [2.05, 4.69) is 15.9 Å². The van der Waals surface area contributed by atoms with Crippen molar-refractivity contribution in [3.8, 4) is 11.5 Å². The molecule has 98 valence electrons. The van der Waals surface area contributed by atoms with Gasteiger partial charge in [0.15, 0.2) is 0 Å². The van der Waals surface area contributed by atoms with Crippen LogP contribution in [-0.2, 0) is 0 Å². The van der Waals surface area contributed by atoms with E-state index in [1.807, 2.05) is 0 Å². The van der Waals surface area contributed by atoms with E-state index < -0.39 is 0 Å². The number of piperidine rings is 1. The first kappa shape index (κ1) is 13.2. The number of phenolic OH excluding ortho intramolecular Hbond substituents is 2. The highest BCUT2D eigenvalue weighted by Crippen LogP contribution is 2.24. The number of halogens is 1. The first-order chi connectivity index (χ1) is 8.60. The molecule has 0 spiro atoms. The van der Waals surface area contributed by atoms with Crippen molar-refractivity contribution in [2.45, 2.75) is 12.8 Å². The summed E-state index contributed by atoms with van der Waals surface area (Å²) in [5.74, 6) is 0.167. The lowest BCUT2D eigenvalue weighted by molar-refractivity contribution is 0.0685. The Morgan fingerprint density at radius 2 is 2.00 bits per heavy atom. The monoisotopic (exact) mass is 313 g/mol. The third-order valence-corrected chi connectivity index (χ3v) is 4.09. The predicted molar refractivity (Wildman–Crippen MR) is 72.2 cm³/mol. The average molecular weight is 314 g/mol. The molecule has 1 atom stereocenters. The van der Waals surface area contributed by atoms with E-state index in [4.69, 9.17) is 0 Å². The fourth-order valence-corrected chi connectivity index (χ4v) is 2.81. The Balaban J connectivity index is 2.15. The minimum atomic E-state index is -0.133. The minimum absolute atomic E-state index is 0.0904. The van der Waals surface area contributed by atoms with Gasteiger partial charge < -0.3 is 15.1 Å². The van der Waals surface area contributed by atoms with E-state index in [0.717, 1.165) is 31.3 Å². The molecule has 1 fully saturated rings. The summed E-state index contributed by atoms with van der Waals surface area (Å²) in [5, 5.41) is 19.7. The molecule has 1 aromatic rings. The Morgan fingerprint density at radius 1 is 1.33 bits per heavy atom. The van der Waals surface area contributed by atoms with Crippen molar-refractivity contribution < 1.29 is 15.0 Å². The van der Waals surface area contributed by atoms with Gasteiger partial charge >= 0.3 is 0 Å². The number of nitrogens with zero attached hydrogens (tertiary/aromatic N) is 1. The van der Waals surface area contributed by atoms with Crippen LogP contribution in [0, 0.1) is 5.92 Å². The number of hydrogen-bond donors (Lipinski definition) is 2. The van der Waals surface area contributed by atoms with Gasteiger partial charge in [-0.25, -0.2) is 0 Å². The number of benzene rings is 1. The largest absolute Gasteiger partial charge is 0.508 e. The van der Waals surface area contributed by atoms with Crippen LogP contribution in [0.1, 0.15) is 23.2 Å². The molecule has 1 aromatic carbocycles. The zero-order valence-electron chi connectivity index (χ0n) is 9.97. The lowest BCUT2D eigenvalue weighted by Gasteiger charge is -2.32. The van der Waals surface area contributed by atoms with Crippen molar-refractivity contribution in [1.29, 1.82) is 0 Å². The molecule has 1 aliphatic rings. The second-order valence-corrected chi connectivity index (χ2v) is 5.30. The summed E-state index contributed by atoms with van der Waals surface area (Å²) in [4.78, 5) is 14.0. The first-order valence-corrected chi connectivity index (χ1v) is 7.10. The van der Waals surface area contributed by atoms with Crippen LogP contribution in [0.3, 0.4) is 0 Å². The number of alkyl halides is 1. The molecule has 0 aliphatic carbocycles. The first-order valence-electron chi connectivity index (χ1n) is 5.98. The van der Waals surface area contributed by atoms with Gasteiger partial charge in [-0.2, -0.15) is 0 Å². The summed E-state index contributed by atoms with van der Waals surface area (Å²) in [6, 6.07) is 3.99. The molecule has 4 nitrogen and oxygen atoms in total. The number of likely N-dealkylation sites (tertiary alicyclic amines) is 1. The van der Waals surface area contributed by atoms with Crippen LogP contribution in [0.25, 0.3) is 0 Å². The maximum Gasteiger partial charge on any atom is 0.254 e. The Kier molecular flexibility index (Phi) is 4.11. The van der Waals surface area contributed by atoms with Gasteiger partial charge in [-0.15, -0.1) is 0 Å². The summed E-state index contributed by atoms with van der Waals surface area (Å²) < 4.78 is 0. The van der Waals surface area contributed by atoms with Crippen molar-refractivity contribution in [3.05, 3.63) is 23.8 Å². The molecule has 1 heterocycles. The number of carbonyl (C=O) groups excluding carboxylic acids is 1. The summed E-state index contributed by atoms with van der Waals surface area (Å²) in [5.41, 5.74) is 0.336. The van der Waals surface area contributed by atoms with Crippen molar-refractivity contribution in [1.82, 2.24) is 4.90 Å². The third-order valence-electron chi connectivity index (χ3n) is 3.17. The van der Waals surface area contributed by atoms with E-state index in [1.165, 1.54) is 18.2 Å².